The van der Waals surface area contributed by atoms with Crippen molar-refractivity contribution in [1.82, 2.24) is 14.8 Å². The molecule has 0 N–H and O–H groups in total. The number of aromatic nitrogens is 1. The fourth-order valence-corrected chi connectivity index (χ4v) is 2.57. The highest BCUT2D eigenvalue weighted by Crippen LogP contribution is 2.19. The fraction of sp³-hybridized carbons (Fsp3) is 0.600. The lowest BCUT2D eigenvalue weighted by Crippen LogP contribution is -2.47. The van der Waals surface area contributed by atoms with Gasteiger partial charge in [0, 0.05) is 44.8 Å². The van der Waals surface area contributed by atoms with Crippen LogP contribution in [0.15, 0.2) is 24.4 Å². The molecule has 4 heteroatoms. The summed E-state index contributed by atoms with van der Waals surface area (Å²) >= 11 is 0. The molecule has 0 spiro atoms. The van der Waals surface area contributed by atoms with Crippen molar-refractivity contribution in [2.75, 3.05) is 32.7 Å². The summed E-state index contributed by atoms with van der Waals surface area (Å²) < 4.78 is 0. The monoisotopic (exact) mass is 258 g/mol. The third kappa shape index (κ3) is 4.02. The molecular weight excluding hydrogens is 236 g/mol. The summed E-state index contributed by atoms with van der Waals surface area (Å²) in [5.41, 5.74) is 1.15. The summed E-state index contributed by atoms with van der Waals surface area (Å²) in [7, 11) is 0. The van der Waals surface area contributed by atoms with Gasteiger partial charge in [-0.05, 0) is 32.0 Å². The van der Waals surface area contributed by atoms with Gasteiger partial charge in [0.25, 0.3) is 0 Å². The maximum Gasteiger partial charge on any atom is 0.0622 e. The average molecular weight is 258 g/mol. The first kappa shape index (κ1) is 14.0. The molecule has 1 aliphatic heterocycles. The zero-order chi connectivity index (χ0) is 13.5. The molecule has 1 fully saturated rings. The predicted molar refractivity (Wildman–Crippen MR) is 75.5 cm³/mol. The Morgan fingerprint density at radius 2 is 2.11 bits per heavy atom. The second-order valence-electron chi connectivity index (χ2n) is 5.07. The summed E-state index contributed by atoms with van der Waals surface area (Å²) in [4.78, 5) is 9.39. The molecule has 4 nitrogen and oxygen atoms in total. The molecule has 0 amide bonds. The molecule has 0 radical (unpaired) electrons. The molecule has 1 saturated heterocycles. The lowest BCUT2D eigenvalue weighted by Gasteiger charge is -2.37. The quantitative estimate of drug-likeness (QED) is 0.758. The lowest BCUT2D eigenvalue weighted by molar-refractivity contribution is 0.100. The van der Waals surface area contributed by atoms with Crippen molar-refractivity contribution < 1.29 is 0 Å². The SMILES string of the molecule is C[C@H](c1ccccn1)N1CCN(CCCC#N)CC1. The van der Waals surface area contributed by atoms with Crippen LogP contribution >= 0.6 is 0 Å². The van der Waals surface area contributed by atoms with Crippen LogP contribution in [0.5, 0.6) is 0 Å². The molecular formula is C15H22N4. The predicted octanol–water partition coefficient (Wildman–Crippen LogP) is 2.06. The van der Waals surface area contributed by atoms with E-state index in [-0.39, 0.29) is 0 Å². The van der Waals surface area contributed by atoms with Gasteiger partial charge in [0.15, 0.2) is 0 Å². The van der Waals surface area contributed by atoms with Crippen LogP contribution in [0, 0.1) is 11.3 Å². The highest BCUT2D eigenvalue weighted by atomic mass is 15.3. The van der Waals surface area contributed by atoms with Crippen molar-refractivity contribution in [1.29, 1.82) is 5.26 Å². The number of rotatable bonds is 5. The zero-order valence-corrected chi connectivity index (χ0v) is 11.6. The van der Waals surface area contributed by atoms with Crippen molar-refractivity contribution in [3.63, 3.8) is 0 Å². The van der Waals surface area contributed by atoms with Crippen LogP contribution in [0.4, 0.5) is 0 Å². The van der Waals surface area contributed by atoms with Gasteiger partial charge in [-0.3, -0.25) is 9.88 Å². The normalized spacial score (nSPS) is 18.9. The Morgan fingerprint density at radius 3 is 2.74 bits per heavy atom. The summed E-state index contributed by atoms with van der Waals surface area (Å²) in [6.07, 6.45) is 3.53. The molecule has 0 aliphatic carbocycles. The van der Waals surface area contributed by atoms with Gasteiger partial charge in [0.1, 0.15) is 0 Å². The Morgan fingerprint density at radius 1 is 1.32 bits per heavy atom. The van der Waals surface area contributed by atoms with E-state index in [0.717, 1.165) is 44.8 Å². The van der Waals surface area contributed by atoms with E-state index < -0.39 is 0 Å². The molecule has 0 aromatic carbocycles. The Bertz CT molecular complexity index is 404. The van der Waals surface area contributed by atoms with E-state index in [2.05, 4.69) is 39.9 Å². The summed E-state index contributed by atoms with van der Waals surface area (Å²) in [5.74, 6) is 0. The third-order valence-electron chi connectivity index (χ3n) is 3.83. The second-order valence-corrected chi connectivity index (χ2v) is 5.07. The number of unbranched alkanes of at least 4 members (excludes halogenated alkanes) is 1. The van der Waals surface area contributed by atoms with E-state index in [0.29, 0.717) is 12.5 Å². The number of hydrogen-bond donors (Lipinski definition) is 0. The standard InChI is InChI=1S/C15H22N4/c1-14(15-6-2-4-8-17-15)19-12-10-18(11-13-19)9-5-3-7-16/h2,4,6,8,14H,3,5,9-13H2,1H3/t14-/m1/s1. The van der Waals surface area contributed by atoms with Crippen LogP contribution in [0.1, 0.15) is 31.5 Å². The first-order chi connectivity index (χ1) is 9.31. The third-order valence-corrected chi connectivity index (χ3v) is 3.83. The fourth-order valence-electron chi connectivity index (χ4n) is 2.57. The van der Waals surface area contributed by atoms with Gasteiger partial charge in [-0.2, -0.15) is 5.26 Å². The Balaban J connectivity index is 1.78. The van der Waals surface area contributed by atoms with Gasteiger partial charge >= 0.3 is 0 Å². The van der Waals surface area contributed by atoms with Crippen LogP contribution in [0.25, 0.3) is 0 Å². The topological polar surface area (TPSA) is 43.2 Å². The smallest absolute Gasteiger partial charge is 0.0622 e. The summed E-state index contributed by atoms with van der Waals surface area (Å²) in [6.45, 7) is 7.66. The Hall–Kier alpha value is -1.44. The van der Waals surface area contributed by atoms with Gasteiger partial charge in [-0.1, -0.05) is 6.07 Å². The second kappa shape index (κ2) is 7.22. The van der Waals surface area contributed by atoms with Crippen LogP contribution < -0.4 is 0 Å². The van der Waals surface area contributed by atoms with Gasteiger partial charge in [0.2, 0.25) is 0 Å². The van der Waals surface area contributed by atoms with E-state index in [9.17, 15) is 0 Å². The summed E-state index contributed by atoms with van der Waals surface area (Å²) in [6, 6.07) is 8.72. The number of nitrogens with zero attached hydrogens (tertiary/aromatic N) is 4. The molecule has 1 atom stereocenters. The molecule has 0 bridgehead atoms. The van der Waals surface area contributed by atoms with Crippen molar-refractivity contribution >= 4 is 0 Å². The van der Waals surface area contributed by atoms with Crippen LogP contribution in [-0.4, -0.2) is 47.5 Å². The van der Waals surface area contributed by atoms with E-state index >= 15 is 0 Å². The first-order valence-corrected chi connectivity index (χ1v) is 7.05. The average Bonchev–Trinajstić information content (AvgIpc) is 2.48. The van der Waals surface area contributed by atoms with E-state index in [1.165, 1.54) is 0 Å². The summed E-state index contributed by atoms with van der Waals surface area (Å²) in [5, 5.41) is 8.55. The molecule has 2 heterocycles. The van der Waals surface area contributed by atoms with Crippen LogP contribution in [-0.2, 0) is 0 Å². The molecule has 1 aromatic heterocycles. The molecule has 102 valence electrons. The minimum absolute atomic E-state index is 0.391. The molecule has 1 aliphatic rings. The number of piperazine rings is 1. The highest BCUT2D eigenvalue weighted by molar-refractivity contribution is 5.08. The van der Waals surface area contributed by atoms with E-state index in [4.69, 9.17) is 5.26 Å². The van der Waals surface area contributed by atoms with Crippen molar-refractivity contribution in [3.05, 3.63) is 30.1 Å². The molecule has 19 heavy (non-hydrogen) atoms. The molecule has 2 rings (SSSR count). The number of hydrogen-bond acceptors (Lipinski definition) is 4. The largest absolute Gasteiger partial charge is 0.301 e. The molecule has 0 saturated carbocycles. The lowest BCUT2D eigenvalue weighted by atomic mass is 10.1. The molecule has 1 aromatic rings. The maximum atomic E-state index is 8.55. The first-order valence-electron chi connectivity index (χ1n) is 7.05. The Kier molecular flexibility index (Phi) is 5.31. The van der Waals surface area contributed by atoms with E-state index in [1.54, 1.807) is 0 Å². The Labute approximate surface area is 115 Å². The van der Waals surface area contributed by atoms with Crippen molar-refractivity contribution in [2.45, 2.75) is 25.8 Å². The van der Waals surface area contributed by atoms with E-state index in [1.807, 2.05) is 12.3 Å². The minimum atomic E-state index is 0.391. The number of pyridine rings is 1. The highest BCUT2D eigenvalue weighted by Gasteiger charge is 2.22. The van der Waals surface area contributed by atoms with Crippen LogP contribution in [0.2, 0.25) is 0 Å². The minimum Gasteiger partial charge on any atom is -0.301 e. The van der Waals surface area contributed by atoms with Crippen LogP contribution in [0.3, 0.4) is 0 Å². The number of nitriles is 1. The van der Waals surface area contributed by atoms with Crippen molar-refractivity contribution in [2.24, 2.45) is 0 Å². The van der Waals surface area contributed by atoms with Gasteiger partial charge < -0.3 is 4.90 Å². The van der Waals surface area contributed by atoms with Gasteiger partial charge in [-0.15, -0.1) is 0 Å². The van der Waals surface area contributed by atoms with Crippen molar-refractivity contribution in [3.8, 4) is 6.07 Å². The maximum absolute atomic E-state index is 8.55. The van der Waals surface area contributed by atoms with Gasteiger partial charge in [0.05, 0.1) is 11.8 Å². The zero-order valence-electron chi connectivity index (χ0n) is 11.6. The van der Waals surface area contributed by atoms with Gasteiger partial charge in [-0.25, -0.2) is 0 Å². The molecule has 0 unspecified atom stereocenters.